The molecule has 3 heterocycles. The number of sulfone groups is 1. The van der Waals surface area contributed by atoms with E-state index in [0.717, 1.165) is 4.90 Å². The lowest BCUT2D eigenvalue weighted by Crippen LogP contribution is -2.63. The summed E-state index contributed by atoms with van der Waals surface area (Å²) >= 11 is 0. The van der Waals surface area contributed by atoms with E-state index >= 15 is 0 Å². The lowest BCUT2D eigenvalue weighted by Gasteiger charge is -2.38. The van der Waals surface area contributed by atoms with E-state index in [2.05, 4.69) is 11.8 Å². The molecular weight excluding hydrogens is 324 g/mol. The van der Waals surface area contributed by atoms with Crippen molar-refractivity contribution in [1.29, 1.82) is 0 Å². The Morgan fingerprint density at radius 2 is 2.35 bits per heavy atom. The fourth-order valence-electron chi connectivity index (χ4n) is 3.27. The van der Waals surface area contributed by atoms with Crippen molar-refractivity contribution >= 4 is 21.7 Å². The van der Waals surface area contributed by atoms with Gasteiger partial charge in [0.1, 0.15) is 23.2 Å². The largest absolute Gasteiger partial charge is 0.548 e. The maximum Gasteiger partial charge on any atom is 0.227 e. The molecule has 124 valence electrons. The van der Waals surface area contributed by atoms with Gasteiger partial charge in [0.05, 0.1) is 23.6 Å². The Morgan fingerprint density at radius 3 is 2.91 bits per heavy atom. The Balaban J connectivity index is 2.00. The lowest BCUT2D eigenvalue weighted by molar-refractivity contribution is -0.758. The minimum absolute atomic E-state index is 0.182. The number of hydrogen-bond donors (Lipinski definition) is 0. The Morgan fingerprint density at radius 1 is 1.65 bits per heavy atom. The number of allylic oxidation sites excluding steroid dienone is 1. The highest BCUT2D eigenvalue weighted by atomic mass is 32.2. The van der Waals surface area contributed by atoms with Gasteiger partial charge >= 0.3 is 0 Å². The van der Waals surface area contributed by atoms with Crippen LogP contribution in [-0.4, -0.2) is 51.3 Å². The van der Waals surface area contributed by atoms with Crippen molar-refractivity contribution in [3.63, 3.8) is 0 Å². The third kappa shape index (κ3) is 2.01. The van der Waals surface area contributed by atoms with E-state index in [1.54, 1.807) is 18.5 Å². The van der Waals surface area contributed by atoms with Gasteiger partial charge in [0, 0.05) is 0 Å². The monoisotopic (exact) mass is 340 g/mol. The number of nitrogens with zero attached hydrogens (tertiary/aromatic N) is 4. The first-order valence-electron chi connectivity index (χ1n) is 7.02. The Hall–Kier alpha value is -2.23. The first kappa shape index (κ1) is 15.7. The zero-order valence-corrected chi connectivity index (χ0v) is 13.3. The van der Waals surface area contributed by atoms with Crippen molar-refractivity contribution in [2.45, 2.75) is 42.6 Å². The molecule has 1 unspecified atom stereocenters. The molecule has 3 atom stereocenters. The summed E-state index contributed by atoms with van der Waals surface area (Å²) in [5, 5.41) is 14.6. The summed E-state index contributed by atoms with van der Waals surface area (Å²) in [6.07, 6.45) is 4.62. The lowest BCUT2D eigenvalue weighted by atomic mass is 9.96. The van der Waals surface area contributed by atoms with Crippen molar-refractivity contribution in [3.05, 3.63) is 25.0 Å². The van der Waals surface area contributed by atoms with Crippen molar-refractivity contribution in [2.75, 3.05) is 0 Å². The minimum Gasteiger partial charge on any atom is -0.548 e. The van der Waals surface area contributed by atoms with Crippen LogP contribution in [0, 0.1) is 0 Å². The van der Waals surface area contributed by atoms with E-state index in [1.165, 1.54) is 16.3 Å². The number of carbonyl (C=O) groups excluding carboxylic acids is 2. The first-order chi connectivity index (χ1) is 10.7. The number of rotatable bonds is 5. The molecule has 0 radical (unpaired) electrons. The molecule has 2 aliphatic rings. The molecular formula is C13H16N4O5S. The van der Waals surface area contributed by atoms with Crippen molar-refractivity contribution in [2.24, 2.45) is 0 Å². The van der Waals surface area contributed by atoms with E-state index in [9.17, 15) is 23.1 Å². The van der Waals surface area contributed by atoms with Crippen LogP contribution in [-0.2, 0) is 32.5 Å². The van der Waals surface area contributed by atoms with Gasteiger partial charge in [-0.15, -0.1) is 9.36 Å². The predicted molar refractivity (Wildman–Crippen MR) is 74.0 cm³/mol. The number of carboxylic acid groups (broad SMARTS) is 1. The quantitative estimate of drug-likeness (QED) is 0.325. The molecule has 10 heteroatoms. The number of hydrogen-bond acceptors (Lipinski definition) is 6. The normalized spacial score (nSPS) is 31.5. The second-order valence-electron chi connectivity index (χ2n) is 5.93. The highest BCUT2D eigenvalue weighted by molar-refractivity contribution is 7.93. The average molecular weight is 340 g/mol. The fraction of sp³-hybridized carbons (Fsp3) is 0.538. The number of β-lactam (4-membered cyclic amide) rings is 1. The highest BCUT2D eigenvalue weighted by Gasteiger charge is 2.68. The molecule has 2 saturated heterocycles. The molecule has 2 fully saturated rings. The summed E-state index contributed by atoms with van der Waals surface area (Å²) in [5.74, 6) is -2.06. The zero-order chi connectivity index (χ0) is 17.0. The zero-order valence-electron chi connectivity index (χ0n) is 12.5. The van der Waals surface area contributed by atoms with Crippen LogP contribution in [0.4, 0.5) is 0 Å². The number of aromatic nitrogens is 3. The van der Waals surface area contributed by atoms with Crippen LogP contribution in [0.3, 0.4) is 0 Å². The van der Waals surface area contributed by atoms with Gasteiger partial charge < -0.3 is 14.8 Å². The van der Waals surface area contributed by atoms with E-state index in [0.29, 0.717) is 6.54 Å². The van der Waals surface area contributed by atoms with Gasteiger partial charge in [-0.2, -0.15) is 0 Å². The maximum absolute atomic E-state index is 12.7. The number of carbonyl (C=O) groups is 2. The van der Waals surface area contributed by atoms with Gasteiger partial charge in [-0.05, 0) is 13.0 Å². The molecule has 1 amide bonds. The molecule has 0 saturated carbocycles. The first-order valence-corrected chi connectivity index (χ1v) is 8.56. The van der Waals surface area contributed by atoms with Crippen molar-refractivity contribution in [3.8, 4) is 0 Å². The second kappa shape index (κ2) is 4.88. The molecule has 9 nitrogen and oxygen atoms in total. The fourth-order valence-corrected chi connectivity index (χ4v) is 5.62. The highest BCUT2D eigenvalue weighted by Crippen LogP contribution is 2.45. The molecule has 0 aromatic carbocycles. The van der Waals surface area contributed by atoms with Gasteiger partial charge in [0.15, 0.2) is 22.2 Å². The van der Waals surface area contributed by atoms with Gasteiger partial charge in [0.25, 0.3) is 0 Å². The maximum atomic E-state index is 12.7. The number of fused-ring (bicyclic) bond motifs is 1. The third-order valence-corrected chi connectivity index (χ3v) is 7.23. The molecule has 3 rings (SSSR count). The molecule has 2 aliphatic heterocycles. The van der Waals surface area contributed by atoms with Crippen LogP contribution < -0.4 is 9.79 Å². The molecule has 0 aliphatic carbocycles. The summed E-state index contributed by atoms with van der Waals surface area (Å²) in [5.41, 5.74) is 0. The standard InChI is InChI=1S/C13H16N4O5S/c1-3-4-15-5-6-16(14-15)8-13(2)11(12(19)20)17-9(18)7-10(17)23(13,21)22/h3,5-6,10-11H,1,4,7-8H2,2H3/t10?,11-,13-/m0/s1. The summed E-state index contributed by atoms with van der Waals surface area (Å²) in [4.78, 5) is 24.1. The van der Waals surface area contributed by atoms with E-state index in [4.69, 9.17) is 0 Å². The van der Waals surface area contributed by atoms with Gasteiger partial charge in [-0.1, -0.05) is 6.58 Å². The van der Waals surface area contributed by atoms with Crippen LogP contribution in [0.5, 0.6) is 0 Å². The topological polar surface area (TPSA) is 116 Å². The van der Waals surface area contributed by atoms with Gasteiger partial charge in [-0.25, -0.2) is 8.42 Å². The molecule has 0 N–H and O–H groups in total. The van der Waals surface area contributed by atoms with E-state index in [1.807, 2.05) is 0 Å². The van der Waals surface area contributed by atoms with Crippen LogP contribution >= 0.6 is 0 Å². The molecule has 0 bridgehead atoms. The van der Waals surface area contributed by atoms with Crippen LogP contribution in [0.2, 0.25) is 0 Å². The van der Waals surface area contributed by atoms with Crippen molar-refractivity contribution in [1.82, 2.24) is 14.8 Å². The Labute approximate surface area is 132 Å². The Kier molecular flexibility index (Phi) is 3.32. The Bertz CT molecular complexity index is 801. The predicted octanol–water partition coefficient (Wildman–Crippen LogP) is -2.78. The molecule has 23 heavy (non-hydrogen) atoms. The SMILES string of the molecule is C=CCn1cc[n+](C[C@@]2(C)[C@H](C(=O)[O-])N3C(=O)CC3S2(=O)=O)n1. The van der Waals surface area contributed by atoms with Crippen LogP contribution in [0.1, 0.15) is 13.3 Å². The second-order valence-corrected chi connectivity index (χ2v) is 8.50. The smallest absolute Gasteiger partial charge is 0.227 e. The van der Waals surface area contributed by atoms with E-state index in [-0.39, 0.29) is 13.0 Å². The summed E-state index contributed by atoms with van der Waals surface area (Å²) in [6.45, 7) is 5.16. The summed E-state index contributed by atoms with van der Waals surface area (Å²) in [7, 11) is -3.86. The average Bonchev–Trinajstić information content (AvgIpc) is 2.92. The van der Waals surface area contributed by atoms with Crippen molar-refractivity contribution < 1.29 is 27.8 Å². The molecule has 0 spiro atoms. The molecule has 1 aromatic rings. The number of amides is 1. The van der Waals surface area contributed by atoms with E-state index < -0.39 is 37.9 Å². The van der Waals surface area contributed by atoms with Gasteiger partial charge in [-0.3, -0.25) is 4.79 Å². The number of carboxylic acids is 1. The van der Waals surface area contributed by atoms with Crippen LogP contribution in [0.15, 0.2) is 25.0 Å². The summed E-state index contributed by atoms with van der Waals surface area (Å²) in [6, 6.07) is -1.52. The van der Waals surface area contributed by atoms with Crippen LogP contribution in [0.25, 0.3) is 0 Å². The third-order valence-electron chi connectivity index (χ3n) is 4.47. The number of aliphatic carboxylic acids is 1. The molecule has 1 aromatic heterocycles. The van der Waals surface area contributed by atoms with Gasteiger partial charge in [0.2, 0.25) is 5.91 Å². The summed E-state index contributed by atoms with van der Waals surface area (Å²) < 4.78 is 26.6. The minimum atomic E-state index is -3.86.